The molecule has 1 unspecified atom stereocenters. The summed E-state index contributed by atoms with van der Waals surface area (Å²) >= 11 is 0. The molecular weight excluding hydrogens is 244 g/mol. The molecule has 2 nitrogen and oxygen atoms in total. The van der Waals surface area contributed by atoms with Crippen molar-refractivity contribution in [3.63, 3.8) is 0 Å². The molecule has 2 heteroatoms. The van der Waals surface area contributed by atoms with Gasteiger partial charge in [-0.3, -0.25) is 0 Å². The predicted octanol–water partition coefficient (Wildman–Crippen LogP) is 4.37. The van der Waals surface area contributed by atoms with Gasteiger partial charge < -0.3 is 10.2 Å². The van der Waals surface area contributed by atoms with Gasteiger partial charge in [-0.15, -0.1) is 0 Å². The van der Waals surface area contributed by atoms with Crippen molar-refractivity contribution < 1.29 is 0 Å². The minimum absolute atomic E-state index is 0.478. The maximum absolute atomic E-state index is 3.62. The van der Waals surface area contributed by atoms with Crippen LogP contribution in [-0.2, 0) is 0 Å². The first-order valence-electron chi connectivity index (χ1n) is 8.14. The lowest BCUT2D eigenvalue weighted by molar-refractivity contribution is 0.279. The number of nitrogens with one attached hydrogen (secondary N) is 1. The Kier molecular flexibility index (Phi) is 5.09. The van der Waals surface area contributed by atoms with Gasteiger partial charge in [0, 0.05) is 24.8 Å². The number of benzene rings is 1. The van der Waals surface area contributed by atoms with E-state index in [1.54, 1.807) is 0 Å². The summed E-state index contributed by atoms with van der Waals surface area (Å²) in [7, 11) is 0. The summed E-state index contributed by atoms with van der Waals surface area (Å²) in [5.41, 5.74) is 3.42. The standard InChI is InChI=1S/C18H30N2/c1-5-16(19-6-2)15-9-7-8-10-17(15)20-13-11-18(3,4)12-14-20/h7-10,16,19H,5-6,11-14H2,1-4H3. The van der Waals surface area contributed by atoms with E-state index in [9.17, 15) is 0 Å². The van der Waals surface area contributed by atoms with E-state index in [4.69, 9.17) is 0 Å². The van der Waals surface area contributed by atoms with Crippen LogP contribution >= 0.6 is 0 Å². The smallest absolute Gasteiger partial charge is 0.0414 e. The van der Waals surface area contributed by atoms with Crippen molar-refractivity contribution in [2.24, 2.45) is 5.41 Å². The first-order valence-corrected chi connectivity index (χ1v) is 8.14. The monoisotopic (exact) mass is 274 g/mol. The third-order valence-electron chi connectivity index (χ3n) is 4.63. The van der Waals surface area contributed by atoms with Gasteiger partial charge in [-0.05, 0) is 42.9 Å². The summed E-state index contributed by atoms with van der Waals surface area (Å²) in [6, 6.07) is 9.43. The Balaban J connectivity index is 2.19. The topological polar surface area (TPSA) is 15.3 Å². The van der Waals surface area contributed by atoms with E-state index in [-0.39, 0.29) is 0 Å². The van der Waals surface area contributed by atoms with Crippen molar-refractivity contribution in [2.45, 2.75) is 53.0 Å². The van der Waals surface area contributed by atoms with Crippen molar-refractivity contribution in [3.05, 3.63) is 29.8 Å². The Labute approximate surface area is 124 Å². The van der Waals surface area contributed by atoms with E-state index in [2.05, 4.69) is 62.2 Å². The third kappa shape index (κ3) is 3.54. The van der Waals surface area contributed by atoms with Crippen LogP contribution in [0.2, 0.25) is 0 Å². The number of para-hydroxylation sites is 1. The van der Waals surface area contributed by atoms with Gasteiger partial charge in [0.2, 0.25) is 0 Å². The zero-order valence-corrected chi connectivity index (χ0v) is 13.6. The van der Waals surface area contributed by atoms with E-state index in [1.807, 2.05) is 0 Å². The molecule has 0 bridgehead atoms. The summed E-state index contributed by atoms with van der Waals surface area (Å²) in [6.45, 7) is 12.6. The lowest BCUT2D eigenvalue weighted by Gasteiger charge is -2.39. The SMILES string of the molecule is CCNC(CC)c1ccccc1N1CCC(C)(C)CC1. The van der Waals surface area contributed by atoms with Gasteiger partial charge in [-0.2, -0.15) is 0 Å². The highest BCUT2D eigenvalue weighted by Gasteiger charge is 2.27. The molecule has 0 amide bonds. The molecule has 2 rings (SSSR count). The van der Waals surface area contributed by atoms with Crippen molar-refractivity contribution in [2.75, 3.05) is 24.5 Å². The normalized spacial score (nSPS) is 19.9. The van der Waals surface area contributed by atoms with Crippen LogP contribution in [-0.4, -0.2) is 19.6 Å². The molecule has 1 N–H and O–H groups in total. The second kappa shape index (κ2) is 6.62. The van der Waals surface area contributed by atoms with Crippen LogP contribution in [0.25, 0.3) is 0 Å². The van der Waals surface area contributed by atoms with Crippen LogP contribution in [0.15, 0.2) is 24.3 Å². The molecular formula is C18H30N2. The quantitative estimate of drug-likeness (QED) is 0.857. The predicted molar refractivity (Wildman–Crippen MR) is 88.4 cm³/mol. The maximum atomic E-state index is 3.62. The van der Waals surface area contributed by atoms with Gasteiger partial charge >= 0.3 is 0 Å². The molecule has 1 aromatic rings. The summed E-state index contributed by atoms with van der Waals surface area (Å²) in [4.78, 5) is 2.58. The molecule has 0 aliphatic carbocycles. The first kappa shape index (κ1) is 15.4. The van der Waals surface area contributed by atoms with Gasteiger partial charge in [0.15, 0.2) is 0 Å². The van der Waals surface area contributed by atoms with Crippen LogP contribution in [0.1, 0.15) is 58.6 Å². The minimum atomic E-state index is 0.478. The van der Waals surface area contributed by atoms with E-state index in [0.29, 0.717) is 11.5 Å². The van der Waals surface area contributed by atoms with Crippen LogP contribution in [0.3, 0.4) is 0 Å². The van der Waals surface area contributed by atoms with Gasteiger partial charge in [0.25, 0.3) is 0 Å². The number of piperidine rings is 1. The van der Waals surface area contributed by atoms with Crippen molar-refractivity contribution in [1.82, 2.24) is 5.32 Å². The van der Waals surface area contributed by atoms with Gasteiger partial charge in [0.1, 0.15) is 0 Å². The summed E-state index contributed by atoms with van der Waals surface area (Å²) in [5, 5.41) is 3.62. The number of rotatable bonds is 5. The minimum Gasteiger partial charge on any atom is -0.371 e. The zero-order valence-electron chi connectivity index (χ0n) is 13.6. The summed E-state index contributed by atoms with van der Waals surface area (Å²) in [6.07, 6.45) is 3.73. The van der Waals surface area contributed by atoms with Crippen LogP contribution < -0.4 is 10.2 Å². The molecule has 1 atom stereocenters. The number of nitrogens with zero attached hydrogens (tertiary/aromatic N) is 1. The molecule has 1 aliphatic heterocycles. The lowest BCUT2D eigenvalue weighted by atomic mass is 9.82. The average molecular weight is 274 g/mol. The van der Waals surface area contributed by atoms with Crippen LogP contribution in [0, 0.1) is 5.41 Å². The van der Waals surface area contributed by atoms with Crippen molar-refractivity contribution in [3.8, 4) is 0 Å². The second-order valence-corrected chi connectivity index (χ2v) is 6.73. The summed E-state index contributed by atoms with van der Waals surface area (Å²) in [5.74, 6) is 0. The Hall–Kier alpha value is -1.02. The first-order chi connectivity index (χ1) is 9.57. The molecule has 112 valence electrons. The van der Waals surface area contributed by atoms with Gasteiger partial charge in [-0.1, -0.05) is 45.9 Å². The number of hydrogen-bond donors (Lipinski definition) is 1. The molecule has 0 radical (unpaired) electrons. The molecule has 0 aromatic heterocycles. The fourth-order valence-electron chi connectivity index (χ4n) is 3.14. The number of hydrogen-bond acceptors (Lipinski definition) is 2. The fraction of sp³-hybridized carbons (Fsp3) is 0.667. The Morgan fingerprint density at radius 3 is 2.40 bits per heavy atom. The highest BCUT2D eigenvalue weighted by Crippen LogP contribution is 2.35. The number of anilines is 1. The van der Waals surface area contributed by atoms with E-state index in [1.165, 1.54) is 37.2 Å². The second-order valence-electron chi connectivity index (χ2n) is 6.73. The van der Waals surface area contributed by atoms with Crippen molar-refractivity contribution in [1.29, 1.82) is 0 Å². The van der Waals surface area contributed by atoms with Crippen LogP contribution in [0.4, 0.5) is 5.69 Å². The molecule has 1 aliphatic rings. The molecule has 0 spiro atoms. The van der Waals surface area contributed by atoms with Crippen LogP contribution in [0.5, 0.6) is 0 Å². The highest BCUT2D eigenvalue weighted by atomic mass is 15.1. The van der Waals surface area contributed by atoms with E-state index < -0.39 is 0 Å². The molecule has 0 saturated carbocycles. The Bertz CT molecular complexity index is 415. The van der Waals surface area contributed by atoms with E-state index in [0.717, 1.165) is 13.0 Å². The highest BCUT2D eigenvalue weighted by molar-refractivity contribution is 5.55. The van der Waals surface area contributed by atoms with Crippen molar-refractivity contribution >= 4 is 5.69 Å². The zero-order chi connectivity index (χ0) is 14.6. The molecule has 1 aromatic carbocycles. The Morgan fingerprint density at radius 2 is 1.80 bits per heavy atom. The maximum Gasteiger partial charge on any atom is 0.0414 e. The fourth-order valence-corrected chi connectivity index (χ4v) is 3.14. The molecule has 1 heterocycles. The third-order valence-corrected chi connectivity index (χ3v) is 4.63. The van der Waals surface area contributed by atoms with E-state index >= 15 is 0 Å². The largest absolute Gasteiger partial charge is 0.371 e. The van der Waals surface area contributed by atoms with Gasteiger partial charge in [0.05, 0.1) is 0 Å². The molecule has 20 heavy (non-hydrogen) atoms. The average Bonchev–Trinajstić information content (AvgIpc) is 2.45. The van der Waals surface area contributed by atoms with Gasteiger partial charge in [-0.25, -0.2) is 0 Å². The molecule has 1 saturated heterocycles. The molecule has 1 fully saturated rings. The summed E-state index contributed by atoms with van der Waals surface area (Å²) < 4.78 is 0. The lowest BCUT2D eigenvalue weighted by Crippen LogP contribution is -2.38. The Morgan fingerprint density at radius 1 is 1.15 bits per heavy atom.